The molecule has 12 nitrogen and oxygen atoms in total. The number of fused-ring (bicyclic) bond motifs is 1. The number of carbonyl (C=O) groups excluding carboxylic acids is 2. The normalized spacial score (nSPS) is 16.4. The number of benzene rings is 1. The molecule has 1 aromatic heterocycles. The Bertz CT molecular complexity index is 1520. The minimum Gasteiger partial charge on any atom is -0.480 e. The van der Waals surface area contributed by atoms with E-state index in [1.165, 1.54) is 0 Å². The van der Waals surface area contributed by atoms with E-state index < -0.39 is 27.6 Å². The summed E-state index contributed by atoms with van der Waals surface area (Å²) in [7, 11) is -4.13. The zero-order valence-electron chi connectivity index (χ0n) is 27.0. The van der Waals surface area contributed by atoms with Crippen LogP contribution in [0, 0.1) is 26.7 Å². The zero-order valence-corrected chi connectivity index (χ0v) is 27.8. The van der Waals surface area contributed by atoms with Gasteiger partial charge < -0.3 is 20.1 Å². The number of carboxylic acid groups (broad SMARTS) is 1. The van der Waals surface area contributed by atoms with Crippen molar-refractivity contribution in [2.75, 3.05) is 37.6 Å². The summed E-state index contributed by atoms with van der Waals surface area (Å²) in [5.41, 5.74) is 3.28. The summed E-state index contributed by atoms with van der Waals surface area (Å²) in [4.78, 5) is 45.9. The molecule has 1 saturated heterocycles. The topological polar surface area (TPSA) is 158 Å². The number of aliphatic carboxylic acids is 1. The number of carboxylic acids is 1. The van der Waals surface area contributed by atoms with E-state index in [2.05, 4.69) is 14.9 Å². The van der Waals surface area contributed by atoms with Crippen LogP contribution in [0.4, 0.5) is 10.6 Å². The Morgan fingerprint density at radius 3 is 2.40 bits per heavy atom. The Morgan fingerprint density at radius 2 is 1.78 bits per heavy atom. The molecule has 0 saturated carbocycles. The number of nitrogens with one attached hydrogen (secondary N) is 2. The summed E-state index contributed by atoms with van der Waals surface area (Å²) in [5.74, 6) is -1.32. The molecular formula is C32H45N5O7S. The molecule has 1 aromatic carbocycles. The van der Waals surface area contributed by atoms with Gasteiger partial charge in [0.2, 0.25) is 15.9 Å². The molecule has 0 radical (unpaired) electrons. The number of likely N-dealkylation sites (tertiary alicyclic amines) is 1. The minimum absolute atomic E-state index is 0.0475. The van der Waals surface area contributed by atoms with Crippen LogP contribution < -0.4 is 14.9 Å². The molecule has 2 aromatic rings. The van der Waals surface area contributed by atoms with Crippen molar-refractivity contribution in [3.63, 3.8) is 0 Å². The Hall–Kier alpha value is -3.55. The number of sulfonamides is 1. The molecule has 2 aliphatic rings. The van der Waals surface area contributed by atoms with Crippen LogP contribution in [-0.4, -0.2) is 85.7 Å². The highest BCUT2D eigenvalue weighted by Gasteiger charge is 2.34. The van der Waals surface area contributed by atoms with E-state index in [1.54, 1.807) is 30.9 Å². The molecule has 0 unspecified atom stereocenters. The monoisotopic (exact) mass is 643 g/mol. The lowest BCUT2D eigenvalue weighted by molar-refractivity contribution is -0.139. The van der Waals surface area contributed by atoms with Crippen LogP contribution in [0.1, 0.15) is 61.6 Å². The predicted octanol–water partition coefficient (Wildman–Crippen LogP) is 3.11. The van der Waals surface area contributed by atoms with E-state index in [-0.39, 0.29) is 29.4 Å². The summed E-state index contributed by atoms with van der Waals surface area (Å²) in [6, 6.07) is 5.98. The molecular weight excluding hydrogens is 598 g/mol. The number of anilines is 1. The van der Waals surface area contributed by atoms with E-state index >= 15 is 0 Å². The van der Waals surface area contributed by atoms with Crippen molar-refractivity contribution in [2.45, 2.75) is 83.8 Å². The summed E-state index contributed by atoms with van der Waals surface area (Å²) in [6.07, 6.45) is 2.86. The van der Waals surface area contributed by atoms with Gasteiger partial charge in [-0.1, -0.05) is 23.8 Å². The maximum Gasteiger partial charge on any atom is 0.416 e. The molecule has 3 N–H and O–H groups in total. The first-order valence-corrected chi connectivity index (χ1v) is 16.8. The quantitative estimate of drug-likeness (QED) is 0.335. The fourth-order valence-electron chi connectivity index (χ4n) is 5.88. The number of pyridine rings is 1. The molecule has 13 heteroatoms. The van der Waals surface area contributed by atoms with Gasteiger partial charge in [0.15, 0.2) is 0 Å². The molecule has 1 fully saturated rings. The first-order chi connectivity index (χ1) is 21.0. The molecule has 1 atom stereocenters. The third kappa shape index (κ3) is 8.80. The first kappa shape index (κ1) is 34.3. The van der Waals surface area contributed by atoms with E-state index in [0.717, 1.165) is 42.6 Å². The lowest BCUT2D eigenvalue weighted by Gasteiger charge is -2.38. The number of aromatic nitrogens is 1. The fraction of sp³-hybridized carbons (Fsp3) is 0.562. The van der Waals surface area contributed by atoms with Crippen LogP contribution in [0.5, 0.6) is 0 Å². The van der Waals surface area contributed by atoms with Gasteiger partial charge in [-0.3, -0.25) is 14.5 Å². The largest absolute Gasteiger partial charge is 0.480 e. The van der Waals surface area contributed by atoms with Crippen molar-refractivity contribution in [2.24, 2.45) is 5.92 Å². The zero-order chi connectivity index (χ0) is 33.1. The van der Waals surface area contributed by atoms with Gasteiger partial charge in [0.1, 0.15) is 17.5 Å². The van der Waals surface area contributed by atoms with Crippen molar-refractivity contribution in [1.82, 2.24) is 19.9 Å². The molecule has 2 amide bonds. The van der Waals surface area contributed by atoms with Crippen molar-refractivity contribution in [3.05, 3.63) is 52.2 Å². The van der Waals surface area contributed by atoms with E-state index in [1.807, 2.05) is 39.8 Å². The van der Waals surface area contributed by atoms with Crippen molar-refractivity contribution < 1.29 is 32.6 Å². The van der Waals surface area contributed by atoms with Crippen LogP contribution in [0.2, 0.25) is 0 Å². The number of hydrogen-bond acceptors (Lipinski definition) is 8. The molecule has 2 aliphatic heterocycles. The average Bonchev–Trinajstić information content (AvgIpc) is 2.89. The molecule has 0 aliphatic carbocycles. The Balaban J connectivity index is 1.23. The number of hydrogen-bond donors (Lipinski definition) is 3. The fourth-order valence-corrected chi connectivity index (χ4v) is 7.52. The number of carbonyl (C=O) groups is 3. The second-order valence-corrected chi connectivity index (χ2v) is 14.7. The van der Waals surface area contributed by atoms with Crippen LogP contribution >= 0.6 is 0 Å². The van der Waals surface area contributed by atoms with Gasteiger partial charge in [-0.15, -0.1) is 0 Å². The van der Waals surface area contributed by atoms with Crippen LogP contribution in [0.25, 0.3) is 0 Å². The van der Waals surface area contributed by atoms with Crippen LogP contribution in [0.3, 0.4) is 0 Å². The number of nitrogens with zero attached hydrogens (tertiary/aromatic N) is 3. The van der Waals surface area contributed by atoms with Gasteiger partial charge in [-0.25, -0.2) is 18.2 Å². The Kier molecular flexibility index (Phi) is 10.6. The maximum atomic E-state index is 13.0. The number of amides is 2. The van der Waals surface area contributed by atoms with Gasteiger partial charge in [0.25, 0.3) is 0 Å². The SMILES string of the molecule is Cc1cc(C)c(S(=O)(=O)N[C@@H](CNC(=O)C2CN(CCCc3ccc4c(n3)N(C(=O)OC(C)(C)C)CCC4)C2)C(=O)O)c(C)c1. The molecule has 45 heavy (non-hydrogen) atoms. The van der Waals surface area contributed by atoms with Crippen molar-refractivity contribution in [3.8, 4) is 0 Å². The smallest absolute Gasteiger partial charge is 0.416 e. The summed E-state index contributed by atoms with van der Waals surface area (Å²) >= 11 is 0. The van der Waals surface area contributed by atoms with E-state index in [4.69, 9.17) is 9.72 Å². The van der Waals surface area contributed by atoms with Gasteiger partial charge >= 0.3 is 12.1 Å². The molecule has 0 bridgehead atoms. The van der Waals surface area contributed by atoms with Crippen molar-refractivity contribution >= 4 is 33.8 Å². The maximum absolute atomic E-state index is 13.0. The number of aryl methyl sites for hydroxylation is 5. The third-order valence-electron chi connectivity index (χ3n) is 7.90. The van der Waals surface area contributed by atoms with E-state index in [0.29, 0.717) is 43.0 Å². The summed E-state index contributed by atoms with van der Waals surface area (Å²) < 4.78 is 33.9. The molecule has 4 rings (SSSR count). The van der Waals surface area contributed by atoms with Gasteiger partial charge in [0, 0.05) is 31.9 Å². The van der Waals surface area contributed by atoms with Crippen LogP contribution in [-0.2, 0) is 37.2 Å². The second-order valence-electron chi connectivity index (χ2n) is 13.1. The lowest BCUT2D eigenvalue weighted by Crippen LogP contribution is -2.56. The lowest BCUT2D eigenvalue weighted by atomic mass is 9.98. The van der Waals surface area contributed by atoms with Gasteiger partial charge in [-0.2, -0.15) is 4.72 Å². The average molecular weight is 644 g/mol. The van der Waals surface area contributed by atoms with Gasteiger partial charge in [0.05, 0.1) is 10.8 Å². The van der Waals surface area contributed by atoms with E-state index in [9.17, 15) is 27.9 Å². The second kappa shape index (κ2) is 13.8. The summed E-state index contributed by atoms with van der Waals surface area (Å²) in [5, 5.41) is 12.3. The first-order valence-electron chi connectivity index (χ1n) is 15.4. The Labute approximate surface area is 265 Å². The standard InChI is InChI=1S/C32H45N5O7S/c1-20-15-21(2)27(22(3)16-20)45(42,43)35-26(30(39)40)17-33-29(38)24-18-36(19-24)13-8-10-25-12-11-23-9-7-14-37(28(23)34-25)31(41)44-32(4,5)6/h11-12,15-16,24,26,35H,7-10,13-14,17-19H2,1-6H3,(H,33,38)(H,39,40)/t26-/m0/s1. The Morgan fingerprint density at radius 1 is 1.11 bits per heavy atom. The van der Waals surface area contributed by atoms with Crippen LogP contribution in [0.15, 0.2) is 29.2 Å². The number of ether oxygens (including phenoxy) is 1. The van der Waals surface area contributed by atoms with Gasteiger partial charge in [-0.05, 0) is 96.5 Å². The third-order valence-corrected chi connectivity index (χ3v) is 9.67. The highest BCUT2D eigenvalue weighted by molar-refractivity contribution is 7.89. The molecule has 246 valence electrons. The predicted molar refractivity (Wildman–Crippen MR) is 170 cm³/mol. The minimum atomic E-state index is -4.13. The van der Waals surface area contributed by atoms with Crippen molar-refractivity contribution in [1.29, 1.82) is 0 Å². The molecule has 3 heterocycles. The molecule has 0 spiro atoms. The number of rotatable bonds is 11. The highest BCUT2D eigenvalue weighted by Crippen LogP contribution is 2.28. The highest BCUT2D eigenvalue weighted by atomic mass is 32.2. The summed E-state index contributed by atoms with van der Waals surface area (Å²) in [6.45, 7) is 12.7.